The third kappa shape index (κ3) is 3.66. The molecule has 0 spiro atoms. The summed E-state index contributed by atoms with van der Waals surface area (Å²) >= 11 is 10.2. The molecule has 0 bridgehead atoms. The van der Waals surface area contributed by atoms with Gasteiger partial charge in [0.15, 0.2) is 0 Å². The Morgan fingerprint density at radius 2 is 1.58 bits per heavy atom. The number of rotatable bonds is 3. The van der Waals surface area contributed by atoms with Crippen LogP contribution in [0.5, 0.6) is 0 Å². The third-order valence-electron chi connectivity index (χ3n) is 2.78. The molecule has 1 unspecified atom stereocenters. The number of hydrogen-bond donors (Lipinski definition) is 1. The smallest absolute Gasteiger partial charge is 0.137 e. The van der Waals surface area contributed by atoms with Crippen LogP contribution >= 0.6 is 47.8 Å². The molecule has 0 aromatic heterocycles. The van der Waals surface area contributed by atoms with Gasteiger partial charge < -0.3 is 5.32 Å². The van der Waals surface area contributed by atoms with Gasteiger partial charge >= 0.3 is 0 Å². The van der Waals surface area contributed by atoms with E-state index in [9.17, 15) is 4.39 Å². The fraction of sp³-hybridized carbons (Fsp3) is 0.143. The van der Waals surface area contributed by atoms with Crippen molar-refractivity contribution in [2.24, 2.45) is 0 Å². The van der Waals surface area contributed by atoms with Crippen molar-refractivity contribution >= 4 is 47.8 Å². The van der Waals surface area contributed by atoms with E-state index in [1.165, 1.54) is 6.07 Å². The van der Waals surface area contributed by atoms with Crippen molar-refractivity contribution in [2.75, 3.05) is 7.05 Å². The molecule has 2 aromatic carbocycles. The Balaban J connectivity index is 2.46. The van der Waals surface area contributed by atoms with Crippen LogP contribution < -0.4 is 5.32 Å². The van der Waals surface area contributed by atoms with Crippen LogP contribution in [0.1, 0.15) is 17.2 Å². The molecule has 0 aliphatic heterocycles. The quantitative estimate of drug-likeness (QED) is 0.656. The predicted molar refractivity (Wildman–Crippen MR) is 86.8 cm³/mol. The van der Waals surface area contributed by atoms with Gasteiger partial charge in [-0.25, -0.2) is 4.39 Å². The topological polar surface area (TPSA) is 12.0 Å². The number of hydrogen-bond acceptors (Lipinski definition) is 1. The zero-order valence-corrected chi connectivity index (χ0v) is 14.8. The standard InChI is InChI=1S/C14H11Br3FN/c1-19-14(8-2-3-13(18)12(17)6-8)9-4-10(15)7-11(16)5-9/h2-7,14,19H,1H3. The Morgan fingerprint density at radius 1 is 0.947 bits per heavy atom. The molecule has 0 radical (unpaired) electrons. The highest BCUT2D eigenvalue weighted by Crippen LogP contribution is 2.30. The molecule has 0 heterocycles. The van der Waals surface area contributed by atoms with Gasteiger partial charge in [-0.05, 0) is 64.4 Å². The number of nitrogens with one attached hydrogen (secondary N) is 1. The highest BCUT2D eigenvalue weighted by molar-refractivity contribution is 9.11. The van der Waals surface area contributed by atoms with E-state index >= 15 is 0 Å². The van der Waals surface area contributed by atoms with Crippen LogP contribution in [0.2, 0.25) is 0 Å². The van der Waals surface area contributed by atoms with Gasteiger partial charge in [0.2, 0.25) is 0 Å². The van der Waals surface area contributed by atoms with E-state index in [1.54, 1.807) is 12.1 Å². The minimum absolute atomic E-state index is 0.00528. The molecule has 0 saturated carbocycles. The zero-order chi connectivity index (χ0) is 14.0. The fourth-order valence-corrected chi connectivity index (χ4v) is 3.69. The van der Waals surface area contributed by atoms with Crippen LogP contribution in [0.15, 0.2) is 49.8 Å². The maximum Gasteiger partial charge on any atom is 0.137 e. The molecular formula is C14H11Br3FN. The van der Waals surface area contributed by atoms with Gasteiger partial charge in [0, 0.05) is 8.95 Å². The first-order chi connectivity index (χ1) is 9.01. The van der Waals surface area contributed by atoms with E-state index in [2.05, 4.69) is 53.1 Å². The molecule has 19 heavy (non-hydrogen) atoms. The first-order valence-corrected chi connectivity index (χ1v) is 7.97. The van der Waals surface area contributed by atoms with E-state index < -0.39 is 0 Å². The van der Waals surface area contributed by atoms with Crippen LogP contribution in [0.25, 0.3) is 0 Å². The van der Waals surface area contributed by atoms with Crippen molar-refractivity contribution in [1.29, 1.82) is 0 Å². The van der Waals surface area contributed by atoms with Gasteiger partial charge in [-0.15, -0.1) is 0 Å². The van der Waals surface area contributed by atoms with Gasteiger partial charge in [-0.1, -0.05) is 37.9 Å². The average molecular weight is 452 g/mol. The maximum atomic E-state index is 13.3. The second kappa shape index (κ2) is 6.48. The summed E-state index contributed by atoms with van der Waals surface area (Å²) in [5.41, 5.74) is 2.10. The SMILES string of the molecule is CNC(c1cc(Br)cc(Br)c1)c1ccc(F)c(Br)c1. The maximum absolute atomic E-state index is 13.3. The summed E-state index contributed by atoms with van der Waals surface area (Å²) in [5.74, 6) is -0.256. The van der Waals surface area contributed by atoms with Crippen molar-refractivity contribution in [2.45, 2.75) is 6.04 Å². The van der Waals surface area contributed by atoms with E-state index in [1.807, 2.05) is 25.2 Å². The normalized spacial score (nSPS) is 12.5. The Kier molecular flexibility index (Phi) is 5.17. The number of benzene rings is 2. The zero-order valence-electron chi connectivity index (χ0n) is 10.1. The molecule has 0 aliphatic rings. The third-order valence-corrected chi connectivity index (χ3v) is 4.31. The fourth-order valence-electron chi connectivity index (χ4n) is 1.96. The van der Waals surface area contributed by atoms with Crippen LogP contribution in [-0.2, 0) is 0 Å². The first-order valence-electron chi connectivity index (χ1n) is 5.59. The molecule has 0 saturated heterocycles. The molecule has 1 N–H and O–H groups in total. The van der Waals surface area contributed by atoms with Gasteiger partial charge in [0.1, 0.15) is 5.82 Å². The number of halogens is 4. The molecule has 0 fully saturated rings. The molecule has 2 aromatic rings. The lowest BCUT2D eigenvalue weighted by Gasteiger charge is -2.18. The van der Waals surface area contributed by atoms with Gasteiger partial charge in [-0.3, -0.25) is 0 Å². The summed E-state index contributed by atoms with van der Waals surface area (Å²) < 4.78 is 15.8. The molecule has 1 nitrogen and oxygen atoms in total. The van der Waals surface area contributed by atoms with Crippen molar-refractivity contribution in [1.82, 2.24) is 5.32 Å². The van der Waals surface area contributed by atoms with Crippen LogP contribution in [0, 0.1) is 5.82 Å². The first kappa shape index (κ1) is 15.2. The van der Waals surface area contributed by atoms with E-state index in [0.717, 1.165) is 20.1 Å². The van der Waals surface area contributed by atoms with Crippen molar-refractivity contribution < 1.29 is 4.39 Å². The molecule has 2 rings (SSSR count). The van der Waals surface area contributed by atoms with Crippen LogP contribution in [0.4, 0.5) is 4.39 Å². The summed E-state index contributed by atoms with van der Waals surface area (Å²) in [7, 11) is 1.89. The Labute approximate surface area is 137 Å². The summed E-state index contributed by atoms with van der Waals surface area (Å²) in [5, 5.41) is 3.25. The van der Waals surface area contributed by atoms with Crippen molar-refractivity contribution in [3.8, 4) is 0 Å². The lowest BCUT2D eigenvalue weighted by Crippen LogP contribution is -2.17. The molecule has 0 aliphatic carbocycles. The molecular weight excluding hydrogens is 441 g/mol. The molecule has 0 amide bonds. The van der Waals surface area contributed by atoms with E-state index in [-0.39, 0.29) is 11.9 Å². The van der Waals surface area contributed by atoms with Crippen molar-refractivity contribution in [3.05, 3.63) is 66.8 Å². The lowest BCUT2D eigenvalue weighted by atomic mass is 9.99. The van der Waals surface area contributed by atoms with Gasteiger partial charge in [0.25, 0.3) is 0 Å². The minimum atomic E-state index is -0.256. The van der Waals surface area contributed by atoms with Gasteiger partial charge in [0.05, 0.1) is 10.5 Å². The van der Waals surface area contributed by atoms with Crippen LogP contribution in [-0.4, -0.2) is 7.05 Å². The lowest BCUT2D eigenvalue weighted by molar-refractivity contribution is 0.616. The Hall–Kier alpha value is -0.230. The Morgan fingerprint density at radius 3 is 2.11 bits per heavy atom. The predicted octanol–water partition coefficient (Wildman–Crippen LogP) is 5.42. The Bertz CT molecular complexity index is 581. The minimum Gasteiger partial charge on any atom is -0.309 e. The van der Waals surface area contributed by atoms with E-state index in [4.69, 9.17) is 0 Å². The monoisotopic (exact) mass is 449 g/mol. The average Bonchev–Trinajstić information content (AvgIpc) is 2.33. The summed E-state index contributed by atoms with van der Waals surface area (Å²) in [6.45, 7) is 0. The second-order valence-electron chi connectivity index (χ2n) is 4.10. The molecule has 100 valence electrons. The highest BCUT2D eigenvalue weighted by Gasteiger charge is 2.14. The van der Waals surface area contributed by atoms with Crippen molar-refractivity contribution in [3.63, 3.8) is 0 Å². The largest absolute Gasteiger partial charge is 0.309 e. The molecule has 1 atom stereocenters. The van der Waals surface area contributed by atoms with E-state index in [0.29, 0.717) is 4.47 Å². The van der Waals surface area contributed by atoms with Crippen LogP contribution in [0.3, 0.4) is 0 Å². The summed E-state index contributed by atoms with van der Waals surface area (Å²) in [6.07, 6.45) is 0. The molecule has 5 heteroatoms. The summed E-state index contributed by atoms with van der Waals surface area (Å²) in [6, 6.07) is 11.1. The second-order valence-corrected chi connectivity index (χ2v) is 6.78. The summed E-state index contributed by atoms with van der Waals surface area (Å²) in [4.78, 5) is 0. The van der Waals surface area contributed by atoms with Gasteiger partial charge in [-0.2, -0.15) is 0 Å². The highest BCUT2D eigenvalue weighted by atomic mass is 79.9.